The number of amides is 1. The number of hydrogen-bond donors (Lipinski definition) is 2. The number of nitrogen functional groups attached to an aromatic ring is 1. The molecule has 0 fully saturated rings. The second-order valence-electron chi connectivity index (χ2n) is 4.70. The van der Waals surface area contributed by atoms with E-state index in [-0.39, 0.29) is 17.9 Å². The molecule has 2 aromatic rings. The van der Waals surface area contributed by atoms with Gasteiger partial charge in [0, 0.05) is 12.7 Å². The first-order chi connectivity index (χ1) is 9.99. The third kappa shape index (κ3) is 3.39. The lowest BCUT2D eigenvalue weighted by molar-refractivity contribution is -0.117. The summed E-state index contributed by atoms with van der Waals surface area (Å²) in [4.78, 5) is 24.9. The number of aromatic carboxylic acids is 1. The van der Waals surface area contributed by atoms with Crippen LogP contribution >= 0.6 is 0 Å². The van der Waals surface area contributed by atoms with E-state index in [4.69, 9.17) is 5.73 Å². The van der Waals surface area contributed by atoms with E-state index in [0.717, 1.165) is 5.56 Å². The highest BCUT2D eigenvalue weighted by atomic mass is 16.4. The van der Waals surface area contributed by atoms with E-state index in [1.807, 2.05) is 30.3 Å². The molecule has 0 saturated carbocycles. The minimum absolute atomic E-state index is 0.0129. The van der Waals surface area contributed by atoms with E-state index in [1.165, 1.54) is 11.0 Å². The van der Waals surface area contributed by atoms with Crippen LogP contribution in [0.5, 0.6) is 0 Å². The molecule has 0 aromatic heterocycles. The highest BCUT2D eigenvalue weighted by Gasteiger charge is 2.18. The monoisotopic (exact) mass is 284 g/mol. The van der Waals surface area contributed by atoms with Crippen LogP contribution in [0.4, 0.5) is 11.4 Å². The Morgan fingerprint density at radius 2 is 1.81 bits per heavy atom. The molecule has 0 atom stereocenters. The molecule has 0 aliphatic carbocycles. The summed E-state index contributed by atoms with van der Waals surface area (Å²) < 4.78 is 0. The van der Waals surface area contributed by atoms with Crippen LogP contribution in [0.1, 0.15) is 15.9 Å². The molecule has 0 saturated heterocycles. The van der Waals surface area contributed by atoms with Crippen molar-refractivity contribution >= 4 is 23.3 Å². The summed E-state index contributed by atoms with van der Waals surface area (Å²) in [6.07, 6.45) is 0.209. The average Bonchev–Trinajstić information content (AvgIpc) is 2.47. The average molecular weight is 284 g/mol. The van der Waals surface area contributed by atoms with Crippen LogP contribution in [0, 0.1) is 0 Å². The number of nitrogens with zero attached hydrogens (tertiary/aromatic N) is 1. The van der Waals surface area contributed by atoms with Gasteiger partial charge in [0.2, 0.25) is 5.91 Å². The van der Waals surface area contributed by atoms with Crippen molar-refractivity contribution in [2.24, 2.45) is 0 Å². The van der Waals surface area contributed by atoms with Crippen molar-refractivity contribution in [3.8, 4) is 0 Å². The Kier molecular flexibility index (Phi) is 4.23. The molecule has 0 bridgehead atoms. The third-order valence-corrected chi connectivity index (χ3v) is 3.18. The fourth-order valence-electron chi connectivity index (χ4n) is 2.04. The first kappa shape index (κ1) is 14.6. The Bertz CT molecular complexity index is 668. The maximum absolute atomic E-state index is 12.3. The summed E-state index contributed by atoms with van der Waals surface area (Å²) in [7, 11) is 1.56. The summed E-state index contributed by atoms with van der Waals surface area (Å²) in [5, 5.41) is 9.22. The molecule has 0 spiro atoms. The first-order valence-corrected chi connectivity index (χ1v) is 6.42. The van der Waals surface area contributed by atoms with Crippen molar-refractivity contribution in [3.05, 3.63) is 59.7 Å². The number of hydrogen-bond acceptors (Lipinski definition) is 3. The van der Waals surface area contributed by atoms with E-state index < -0.39 is 5.97 Å². The molecule has 0 aliphatic heterocycles. The summed E-state index contributed by atoms with van der Waals surface area (Å²) >= 11 is 0. The lowest BCUT2D eigenvalue weighted by atomic mass is 10.1. The van der Waals surface area contributed by atoms with Crippen LogP contribution in [0.3, 0.4) is 0 Å². The number of anilines is 2. The van der Waals surface area contributed by atoms with Crippen LogP contribution in [0.25, 0.3) is 0 Å². The van der Waals surface area contributed by atoms with Gasteiger partial charge in [0.05, 0.1) is 17.7 Å². The molecular formula is C16H16N2O3. The third-order valence-electron chi connectivity index (χ3n) is 3.18. The maximum Gasteiger partial charge on any atom is 0.337 e. The number of nitrogens with two attached hydrogens (primary N) is 1. The highest BCUT2D eigenvalue weighted by Crippen LogP contribution is 2.23. The number of likely N-dealkylation sites (N-methyl/N-ethyl adjacent to an activating group) is 1. The second kappa shape index (κ2) is 6.09. The molecule has 2 aromatic carbocycles. The van der Waals surface area contributed by atoms with E-state index in [9.17, 15) is 14.7 Å². The van der Waals surface area contributed by atoms with Crippen LogP contribution in [0.15, 0.2) is 48.5 Å². The lowest BCUT2D eigenvalue weighted by Crippen LogP contribution is -2.29. The largest absolute Gasteiger partial charge is 0.478 e. The van der Waals surface area contributed by atoms with Gasteiger partial charge in [0.15, 0.2) is 0 Å². The Morgan fingerprint density at radius 1 is 1.14 bits per heavy atom. The van der Waals surface area contributed by atoms with Crippen molar-refractivity contribution in [1.29, 1.82) is 0 Å². The molecule has 0 aliphatic rings. The normalized spacial score (nSPS) is 10.1. The molecule has 0 heterocycles. The fraction of sp³-hybridized carbons (Fsp3) is 0.125. The zero-order valence-electron chi connectivity index (χ0n) is 11.6. The van der Waals surface area contributed by atoms with Crippen LogP contribution in [-0.2, 0) is 11.2 Å². The van der Waals surface area contributed by atoms with Crippen molar-refractivity contribution in [2.45, 2.75) is 6.42 Å². The smallest absolute Gasteiger partial charge is 0.337 e. The van der Waals surface area contributed by atoms with Gasteiger partial charge in [-0.1, -0.05) is 30.3 Å². The second-order valence-corrected chi connectivity index (χ2v) is 4.70. The Morgan fingerprint density at radius 3 is 2.43 bits per heavy atom. The summed E-state index contributed by atoms with van der Waals surface area (Å²) in [5.74, 6) is -1.30. The summed E-state index contributed by atoms with van der Waals surface area (Å²) in [6.45, 7) is 0. The van der Waals surface area contributed by atoms with Crippen LogP contribution in [-0.4, -0.2) is 24.0 Å². The van der Waals surface area contributed by atoms with Gasteiger partial charge >= 0.3 is 5.97 Å². The number of carbonyl (C=O) groups excluding carboxylic acids is 1. The Hall–Kier alpha value is -2.82. The number of carboxylic acid groups (broad SMARTS) is 1. The van der Waals surface area contributed by atoms with Crippen molar-refractivity contribution in [1.82, 2.24) is 0 Å². The molecule has 108 valence electrons. The number of carboxylic acids is 1. The molecule has 1 amide bonds. The molecule has 3 N–H and O–H groups in total. The molecule has 5 nitrogen and oxygen atoms in total. The molecule has 0 radical (unpaired) electrons. The van der Waals surface area contributed by atoms with Gasteiger partial charge in [-0.25, -0.2) is 4.79 Å². The quantitative estimate of drug-likeness (QED) is 0.843. The SMILES string of the molecule is CN(C(=O)Cc1ccccc1)c1ccc(N)cc1C(=O)O. The maximum atomic E-state index is 12.3. The zero-order chi connectivity index (χ0) is 15.4. The zero-order valence-corrected chi connectivity index (χ0v) is 11.6. The van der Waals surface area contributed by atoms with Gasteiger partial charge in [0.25, 0.3) is 0 Å². The molecule has 0 unspecified atom stereocenters. The van der Waals surface area contributed by atoms with E-state index in [1.54, 1.807) is 19.2 Å². The molecule has 21 heavy (non-hydrogen) atoms. The van der Waals surface area contributed by atoms with Gasteiger partial charge in [-0.15, -0.1) is 0 Å². The summed E-state index contributed by atoms with van der Waals surface area (Å²) in [5.41, 5.74) is 7.17. The lowest BCUT2D eigenvalue weighted by Gasteiger charge is -2.19. The molecule has 2 rings (SSSR count). The Balaban J connectivity index is 2.25. The van der Waals surface area contributed by atoms with Crippen LogP contribution in [0.2, 0.25) is 0 Å². The van der Waals surface area contributed by atoms with Gasteiger partial charge < -0.3 is 15.7 Å². The minimum Gasteiger partial charge on any atom is -0.478 e. The van der Waals surface area contributed by atoms with Gasteiger partial charge in [0.1, 0.15) is 0 Å². The topological polar surface area (TPSA) is 83.6 Å². The Labute approximate surface area is 122 Å². The first-order valence-electron chi connectivity index (χ1n) is 6.42. The number of rotatable bonds is 4. The van der Waals surface area contributed by atoms with E-state index in [0.29, 0.717) is 11.4 Å². The minimum atomic E-state index is -1.11. The predicted octanol–water partition coefficient (Wildman–Crippen LogP) is 2.17. The van der Waals surface area contributed by atoms with E-state index in [2.05, 4.69) is 0 Å². The predicted molar refractivity (Wildman–Crippen MR) is 81.4 cm³/mol. The number of carbonyl (C=O) groups is 2. The van der Waals surface area contributed by atoms with Gasteiger partial charge in [-0.2, -0.15) is 0 Å². The van der Waals surface area contributed by atoms with Crippen molar-refractivity contribution in [3.63, 3.8) is 0 Å². The summed E-state index contributed by atoms with van der Waals surface area (Å²) in [6, 6.07) is 13.8. The van der Waals surface area contributed by atoms with E-state index >= 15 is 0 Å². The standard InChI is InChI=1S/C16H16N2O3/c1-18(15(19)9-11-5-3-2-4-6-11)14-8-7-12(17)10-13(14)16(20)21/h2-8,10H,9,17H2,1H3,(H,20,21). The highest BCUT2D eigenvalue weighted by molar-refractivity contribution is 6.02. The van der Waals surface area contributed by atoms with Crippen LogP contribution < -0.4 is 10.6 Å². The fourth-order valence-corrected chi connectivity index (χ4v) is 2.04. The van der Waals surface area contributed by atoms with Gasteiger partial charge in [-0.05, 0) is 23.8 Å². The van der Waals surface area contributed by atoms with Gasteiger partial charge in [-0.3, -0.25) is 4.79 Å². The molecule has 5 heteroatoms. The number of benzene rings is 2. The van der Waals surface area contributed by atoms with Crippen molar-refractivity contribution in [2.75, 3.05) is 17.7 Å². The van der Waals surface area contributed by atoms with Crippen molar-refractivity contribution < 1.29 is 14.7 Å². The molecular weight excluding hydrogens is 268 g/mol.